The van der Waals surface area contributed by atoms with Crippen molar-refractivity contribution >= 4 is 0 Å². The topological polar surface area (TPSA) is 38.0 Å². The summed E-state index contributed by atoms with van der Waals surface area (Å²) in [6.07, 6.45) is 8.04. The van der Waals surface area contributed by atoms with Gasteiger partial charge in [-0.2, -0.15) is 0 Å². The second-order valence-electron chi connectivity index (χ2n) is 4.63. The standard InChI is InChI=1S/C11H16N2O/c14-8-11(4-5-11)9-7-13-6-2-1-3-10(13)12-9/h7,14H,1-6,8H2. The molecular formula is C11H16N2O. The van der Waals surface area contributed by atoms with Gasteiger partial charge in [-0.05, 0) is 25.7 Å². The summed E-state index contributed by atoms with van der Waals surface area (Å²) in [5, 5.41) is 9.32. The normalized spacial score (nSPS) is 23.2. The second-order valence-corrected chi connectivity index (χ2v) is 4.63. The fraction of sp³-hybridized carbons (Fsp3) is 0.727. The average molecular weight is 192 g/mol. The molecule has 2 heterocycles. The Bertz CT molecular complexity index is 329. The Morgan fingerprint density at radius 1 is 1.43 bits per heavy atom. The van der Waals surface area contributed by atoms with Crippen molar-refractivity contribution in [3.8, 4) is 0 Å². The van der Waals surface area contributed by atoms with Crippen LogP contribution in [-0.2, 0) is 18.4 Å². The minimum Gasteiger partial charge on any atom is -0.395 e. The third-order valence-electron chi connectivity index (χ3n) is 3.61. The van der Waals surface area contributed by atoms with Crippen LogP contribution in [0.25, 0.3) is 0 Å². The first-order chi connectivity index (χ1) is 6.84. The van der Waals surface area contributed by atoms with Crippen LogP contribution in [0.5, 0.6) is 0 Å². The quantitative estimate of drug-likeness (QED) is 0.765. The van der Waals surface area contributed by atoms with Crippen molar-refractivity contribution in [1.82, 2.24) is 9.55 Å². The molecule has 1 N–H and O–H groups in total. The predicted molar refractivity (Wildman–Crippen MR) is 53.2 cm³/mol. The number of nitrogens with zero attached hydrogens (tertiary/aromatic N) is 2. The molecule has 0 saturated heterocycles. The highest BCUT2D eigenvalue weighted by atomic mass is 16.3. The van der Waals surface area contributed by atoms with Gasteiger partial charge in [0.1, 0.15) is 5.82 Å². The number of imidazole rings is 1. The summed E-state index contributed by atoms with van der Waals surface area (Å²) in [5.74, 6) is 1.23. The molecule has 1 aliphatic heterocycles. The maximum absolute atomic E-state index is 9.32. The lowest BCUT2D eigenvalue weighted by atomic mass is 10.1. The van der Waals surface area contributed by atoms with Crippen LogP contribution in [0.3, 0.4) is 0 Å². The highest BCUT2D eigenvalue weighted by Gasteiger charge is 2.46. The van der Waals surface area contributed by atoms with E-state index in [1.165, 1.54) is 18.7 Å². The first kappa shape index (κ1) is 8.48. The van der Waals surface area contributed by atoms with E-state index in [1.54, 1.807) is 0 Å². The van der Waals surface area contributed by atoms with E-state index in [1.807, 2.05) is 0 Å². The summed E-state index contributed by atoms with van der Waals surface area (Å²) >= 11 is 0. The van der Waals surface area contributed by atoms with E-state index in [9.17, 15) is 5.11 Å². The van der Waals surface area contributed by atoms with Gasteiger partial charge in [0, 0.05) is 24.6 Å². The van der Waals surface area contributed by atoms with Crippen LogP contribution in [0.15, 0.2) is 6.20 Å². The van der Waals surface area contributed by atoms with Gasteiger partial charge in [0.15, 0.2) is 0 Å². The Kier molecular flexibility index (Phi) is 1.71. The molecule has 1 aromatic heterocycles. The number of aliphatic hydroxyl groups is 1. The van der Waals surface area contributed by atoms with Gasteiger partial charge < -0.3 is 9.67 Å². The minimum absolute atomic E-state index is 0.0460. The fourth-order valence-electron chi connectivity index (χ4n) is 2.31. The van der Waals surface area contributed by atoms with E-state index in [-0.39, 0.29) is 12.0 Å². The Labute approximate surface area is 83.8 Å². The zero-order chi connectivity index (χ0) is 9.60. The van der Waals surface area contributed by atoms with Crippen LogP contribution in [0, 0.1) is 0 Å². The smallest absolute Gasteiger partial charge is 0.108 e. The van der Waals surface area contributed by atoms with Crippen LogP contribution in [0.1, 0.15) is 37.2 Å². The summed E-state index contributed by atoms with van der Waals surface area (Å²) in [5.41, 5.74) is 1.18. The zero-order valence-electron chi connectivity index (χ0n) is 8.37. The van der Waals surface area contributed by atoms with Crippen molar-refractivity contribution in [1.29, 1.82) is 0 Å². The molecule has 1 saturated carbocycles. The van der Waals surface area contributed by atoms with Gasteiger partial charge in [-0.25, -0.2) is 4.98 Å². The molecule has 2 aliphatic rings. The lowest BCUT2D eigenvalue weighted by Gasteiger charge is -2.11. The Morgan fingerprint density at radius 3 is 2.93 bits per heavy atom. The molecule has 0 radical (unpaired) electrons. The SMILES string of the molecule is OCC1(c2cn3c(n2)CCCC3)CC1. The van der Waals surface area contributed by atoms with Crippen molar-refractivity contribution in [2.75, 3.05) is 6.61 Å². The van der Waals surface area contributed by atoms with E-state index in [2.05, 4.69) is 15.7 Å². The molecule has 0 spiro atoms. The highest BCUT2D eigenvalue weighted by Crippen LogP contribution is 2.47. The van der Waals surface area contributed by atoms with E-state index in [4.69, 9.17) is 0 Å². The molecule has 1 aliphatic carbocycles. The molecule has 0 bridgehead atoms. The van der Waals surface area contributed by atoms with Crippen molar-refractivity contribution in [3.05, 3.63) is 17.7 Å². The van der Waals surface area contributed by atoms with Crippen LogP contribution in [-0.4, -0.2) is 21.3 Å². The van der Waals surface area contributed by atoms with Crippen molar-refractivity contribution in [2.24, 2.45) is 0 Å². The largest absolute Gasteiger partial charge is 0.395 e. The van der Waals surface area contributed by atoms with E-state index in [0.29, 0.717) is 0 Å². The summed E-state index contributed by atoms with van der Waals surface area (Å²) in [4.78, 5) is 4.66. The average Bonchev–Trinajstić information content (AvgIpc) is 2.91. The molecule has 1 fully saturated rings. The molecule has 76 valence electrons. The number of hydrogen-bond acceptors (Lipinski definition) is 2. The zero-order valence-corrected chi connectivity index (χ0v) is 8.37. The Hall–Kier alpha value is -0.830. The molecule has 0 amide bonds. The Balaban J connectivity index is 1.96. The number of aliphatic hydroxyl groups excluding tert-OH is 1. The molecule has 3 rings (SSSR count). The molecule has 0 atom stereocenters. The first-order valence-corrected chi connectivity index (χ1v) is 5.51. The van der Waals surface area contributed by atoms with Crippen molar-refractivity contribution < 1.29 is 5.11 Å². The number of hydrogen-bond donors (Lipinski definition) is 1. The molecule has 3 nitrogen and oxygen atoms in total. The van der Waals surface area contributed by atoms with Crippen LogP contribution >= 0.6 is 0 Å². The van der Waals surface area contributed by atoms with E-state index >= 15 is 0 Å². The monoisotopic (exact) mass is 192 g/mol. The third-order valence-corrected chi connectivity index (χ3v) is 3.61. The molecular weight excluding hydrogens is 176 g/mol. The molecule has 3 heteroatoms. The van der Waals surface area contributed by atoms with E-state index in [0.717, 1.165) is 31.5 Å². The molecule has 14 heavy (non-hydrogen) atoms. The predicted octanol–water partition coefficient (Wildman–Crippen LogP) is 1.24. The van der Waals surface area contributed by atoms with Gasteiger partial charge in [-0.15, -0.1) is 0 Å². The summed E-state index contributed by atoms with van der Waals surface area (Å²) in [6.45, 7) is 1.38. The lowest BCUT2D eigenvalue weighted by Crippen LogP contribution is -2.12. The second kappa shape index (κ2) is 2.83. The molecule has 0 unspecified atom stereocenters. The number of fused-ring (bicyclic) bond motifs is 1. The van der Waals surface area contributed by atoms with Crippen LogP contribution in [0.4, 0.5) is 0 Å². The number of rotatable bonds is 2. The number of aromatic nitrogens is 2. The summed E-state index contributed by atoms with van der Waals surface area (Å²) < 4.78 is 2.27. The van der Waals surface area contributed by atoms with Crippen molar-refractivity contribution in [2.45, 2.75) is 44.1 Å². The highest BCUT2D eigenvalue weighted by molar-refractivity contribution is 5.24. The first-order valence-electron chi connectivity index (χ1n) is 5.51. The third kappa shape index (κ3) is 1.12. The Morgan fingerprint density at radius 2 is 2.29 bits per heavy atom. The van der Waals surface area contributed by atoms with Gasteiger partial charge in [-0.1, -0.05) is 0 Å². The fourth-order valence-corrected chi connectivity index (χ4v) is 2.31. The van der Waals surface area contributed by atoms with Gasteiger partial charge in [-0.3, -0.25) is 0 Å². The van der Waals surface area contributed by atoms with Gasteiger partial charge >= 0.3 is 0 Å². The van der Waals surface area contributed by atoms with Gasteiger partial charge in [0.25, 0.3) is 0 Å². The number of aryl methyl sites for hydroxylation is 2. The van der Waals surface area contributed by atoms with Crippen LogP contribution < -0.4 is 0 Å². The summed E-state index contributed by atoms with van der Waals surface area (Å²) in [6, 6.07) is 0. The van der Waals surface area contributed by atoms with Crippen molar-refractivity contribution in [3.63, 3.8) is 0 Å². The van der Waals surface area contributed by atoms with Crippen LogP contribution in [0.2, 0.25) is 0 Å². The van der Waals surface area contributed by atoms with E-state index < -0.39 is 0 Å². The maximum atomic E-state index is 9.32. The summed E-state index contributed by atoms with van der Waals surface area (Å²) in [7, 11) is 0. The lowest BCUT2D eigenvalue weighted by molar-refractivity contribution is 0.253. The van der Waals surface area contributed by atoms with Gasteiger partial charge in [0.2, 0.25) is 0 Å². The maximum Gasteiger partial charge on any atom is 0.108 e. The molecule has 1 aromatic rings. The van der Waals surface area contributed by atoms with Gasteiger partial charge in [0.05, 0.1) is 12.3 Å². The minimum atomic E-state index is 0.0460. The molecule has 0 aromatic carbocycles.